The van der Waals surface area contributed by atoms with E-state index in [1.807, 2.05) is 0 Å². The van der Waals surface area contributed by atoms with E-state index in [0.29, 0.717) is 5.56 Å². The molecule has 2 N–H and O–H groups in total. The Morgan fingerprint density at radius 2 is 1.00 bits per heavy atom. The summed E-state index contributed by atoms with van der Waals surface area (Å²) in [6.07, 6.45) is 0. The van der Waals surface area contributed by atoms with Crippen molar-refractivity contribution >= 4 is 58.0 Å². The fourth-order valence-electron chi connectivity index (χ4n) is 0.830. The van der Waals surface area contributed by atoms with Gasteiger partial charge in [-0.2, -0.15) is 0 Å². The molecule has 0 aliphatic rings. The molecule has 0 fully saturated rings. The molecular formula is C7H4Cl5N. The zero-order chi connectivity index (χ0) is 10.2. The molecule has 0 aromatic heterocycles. The molecular weight excluding hydrogens is 275 g/mol. The zero-order valence-electron chi connectivity index (χ0n) is 6.17. The van der Waals surface area contributed by atoms with E-state index in [0.717, 1.165) is 0 Å². The summed E-state index contributed by atoms with van der Waals surface area (Å²) >= 11 is 29.0. The average molecular weight is 279 g/mol. The Bertz CT molecular complexity index is 320. The molecule has 0 bridgehead atoms. The minimum Gasteiger partial charge on any atom is -0.326 e. The molecule has 0 radical (unpaired) electrons. The van der Waals surface area contributed by atoms with Crippen LogP contribution in [0.4, 0.5) is 0 Å². The predicted molar refractivity (Wildman–Crippen MR) is 59.4 cm³/mol. The molecule has 0 spiro atoms. The van der Waals surface area contributed by atoms with E-state index in [4.69, 9.17) is 63.7 Å². The van der Waals surface area contributed by atoms with E-state index in [2.05, 4.69) is 0 Å². The average Bonchev–Trinajstić information content (AvgIpc) is 2.13. The van der Waals surface area contributed by atoms with Crippen LogP contribution in [-0.4, -0.2) is 0 Å². The van der Waals surface area contributed by atoms with Gasteiger partial charge >= 0.3 is 0 Å². The van der Waals surface area contributed by atoms with E-state index >= 15 is 0 Å². The number of hydrogen-bond acceptors (Lipinski definition) is 1. The molecule has 1 aromatic rings. The van der Waals surface area contributed by atoms with Crippen LogP contribution in [0.15, 0.2) is 0 Å². The van der Waals surface area contributed by atoms with Gasteiger partial charge < -0.3 is 5.73 Å². The molecule has 6 heteroatoms. The number of nitrogens with two attached hydrogens (primary N) is 1. The highest BCUT2D eigenvalue weighted by molar-refractivity contribution is 6.55. The lowest BCUT2D eigenvalue weighted by Gasteiger charge is -2.09. The van der Waals surface area contributed by atoms with Crippen LogP contribution in [-0.2, 0) is 6.54 Å². The lowest BCUT2D eigenvalue weighted by Crippen LogP contribution is -1.99. The van der Waals surface area contributed by atoms with E-state index in [-0.39, 0.29) is 31.7 Å². The van der Waals surface area contributed by atoms with Gasteiger partial charge in [-0.1, -0.05) is 58.0 Å². The first-order valence-electron chi connectivity index (χ1n) is 3.21. The fourth-order valence-corrected chi connectivity index (χ4v) is 2.16. The maximum absolute atomic E-state index is 5.84. The monoisotopic (exact) mass is 277 g/mol. The number of hydrogen-bond donors (Lipinski definition) is 1. The van der Waals surface area contributed by atoms with Crippen LogP contribution < -0.4 is 5.73 Å². The van der Waals surface area contributed by atoms with Gasteiger partial charge in [-0.15, -0.1) is 0 Å². The first kappa shape index (κ1) is 11.7. The smallest absolute Gasteiger partial charge is 0.0809 e. The summed E-state index contributed by atoms with van der Waals surface area (Å²) in [6.45, 7) is 0.161. The number of rotatable bonds is 1. The van der Waals surface area contributed by atoms with Gasteiger partial charge in [0.1, 0.15) is 0 Å². The van der Waals surface area contributed by atoms with Gasteiger partial charge in [0.15, 0.2) is 0 Å². The summed E-state index contributed by atoms with van der Waals surface area (Å²) < 4.78 is 0. The molecule has 72 valence electrons. The Hall–Kier alpha value is 0.630. The summed E-state index contributed by atoms with van der Waals surface area (Å²) in [4.78, 5) is 0. The molecule has 0 unspecified atom stereocenters. The highest BCUT2D eigenvalue weighted by atomic mass is 35.5. The summed E-state index contributed by atoms with van der Waals surface area (Å²) in [5.74, 6) is 0. The molecule has 0 aliphatic carbocycles. The van der Waals surface area contributed by atoms with Crippen molar-refractivity contribution in [2.75, 3.05) is 0 Å². The summed E-state index contributed by atoms with van der Waals surface area (Å²) in [5, 5.41) is 1.01. The van der Waals surface area contributed by atoms with Crippen LogP contribution >= 0.6 is 58.0 Å². The molecule has 0 aliphatic heterocycles. The van der Waals surface area contributed by atoms with Gasteiger partial charge in [0.2, 0.25) is 0 Å². The molecule has 0 amide bonds. The van der Waals surface area contributed by atoms with Crippen LogP contribution in [0, 0.1) is 0 Å². The lowest BCUT2D eigenvalue weighted by atomic mass is 10.2. The zero-order valence-corrected chi connectivity index (χ0v) is 9.95. The highest BCUT2D eigenvalue weighted by Crippen LogP contribution is 2.43. The van der Waals surface area contributed by atoms with Gasteiger partial charge in [-0.05, 0) is 0 Å². The van der Waals surface area contributed by atoms with Crippen LogP contribution in [0.3, 0.4) is 0 Å². The molecule has 0 atom stereocenters. The minimum absolute atomic E-state index is 0.149. The molecule has 0 heterocycles. The van der Waals surface area contributed by atoms with Gasteiger partial charge in [0, 0.05) is 12.1 Å². The maximum Gasteiger partial charge on any atom is 0.0809 e. The van der Waals surface area contributed by atoms with E-state index in [1.54, 1.807) is 0 Å². The number of benzene rings is 1. The minimum atomic E-state index is 0.149. The summed E-state index contributed by atoms with van der Waals surface area (Å²) in [5.41, 5.74) is 5.91. The Kier molecular flexibility index (Phi) is 3.99. The maximum atomic E-state index is 5.84. The van der Waals surface area contributed by atoms with Gasteiger partial charge in [0.25, 0.3) is 0 Å². The molecule has 1 aromatic carbocycles. The van der Waals surface area contributed by atoms with E-state index in [9.17, 15) is 0 Å². The van der Waals surface area contributed by atoms with Gasteiger partial charge in [-0.3, -0.25) is 0 Å². The third kappa shape index (κ3) is 2.01. The van der Waals surface area contributed by atoms with Crippen molar-refractivity contribution in [1.29, 1.82) is 0 Å². The van der Waals surface area contributed by atoms with Crippen molar-refractivity contribution in [3.63, 3.8) is 0 Å². The van der Waals surface area contributed by atoms with Crippen molar-refractivity contribution in [3.05, 3.63) is 30.7 Å². The highest BCUT2D eigenvalue weighted by Gasteiger charge is 2.17. The largest absolute Gasteiger partial charge is 0.326 e. The quantitative estimate of drug-likeness (QED) is 0.598. The topological polar surface area (TPSA) is 26.0 Å². The van der Waals surface area contributed by atoms with Crippen LogP contribution in [0.5, 0.6) is 0 Å². The summed E-state index contributed by atoms with van der Waals surface area (Å²) in [7, 11) is 0. The van der Waals surface area contributed by atoms with Crippen molar-refractivity contribution in [3.8, 4) is 0 Å². The van der Waals surface area contributed by atoms with Crippen molar-refractivity contribution in [1.82, 2.24) is 0 Å². The van der Waals surface area contributed by atoms with Crippen molar-refractivity contribution < 1.29 is 0 Å². The SMILES string of the molecule is NCc1c(Cl)c(Cl)c(Cl)c(Cl)c1Cl. The predicted octanol–water partition coefficient (Wildman–Crippen LogP) is 4.41. The van der Waals surface area contributed by atoms with E-state index in [1.165, 1.54) is 0 Å². The van der Waals surface area contributed by atoms with Crippen molar-refractivity contribution in [2.45, 2.75) is 6.54 Å². The molecule has 0 saturated heterocycles. The Balaban J connectivity index is 3.56. The molecule has 1 nitrogen and oxygen atoms in total. The molecule has 1 rings (SSSR count). The first-order chi connectivity index (χ1) is 6.00. The standard InChI is InChI=1S/C7H4Cl5N/c8-3-2(1-13)4(9)6(11)7(12)5(3)10/h1,13H2. The van der Waals surface area contributed by atoms with E-state index < -0.39 is 0 Å². The van der Waals surface area contributed by atoms with Crippen LogP contribution in [0.2, 0.25) is 25.1 Å². The Labute approximate surface area is 101 Å². The Morgan fingerprint density at radius 1 is 0.692 bits per heavy atom. The third-order valence-corrected chi connectivity index (χ3v) is 3.86. The number of halogens is 5. The first-order valence-corrected chi connectivity index (χ1v) is 5.10. The van der Waals surface area contributed by atoms with Crippen molar-refractivity contribution in [2.24, 2.45) is 5.73 Å². The van der Waals surface area contributed by atoms with Crippen LogP contribution in [0.1, 0.15) is 5.56 Å². The molecule has 13 heavy (non-hydrogen) atoms. The normalized spacial score (nSPS) is 10.6. The fraction of sp³-hybridized carbons (Fsp3) is 0.143. The lowest BCUT2D eigenvalue weighted by molar-refractivity contribution is 1.07. The Morgan fingerprint density at radius 3 is 1.31 bits per heavy atom. The second kappa shape index (κ2) is 4.43. The molecule has 0 saturated carbocycles. The summed E-state index contributed by atoms with van der Waals surface area (Å²) in [6, 6.07) is 0. The second-order valence-electron chi connectivity index (χ2n) is 2.25. The van der Waals surface area contributed by atoms with Crippen LogP contribution in [0.25, 0.3) is 0 Å². The van der Waals surface area contributed by atoms with Gasteiger partial charge in [-0.25, -0.2) is 0 Å². The third-order valence-electron chi connectivity index (χ3n) is 1.50. The second-order valence-corrected chi connectivity index (χ2v) is 4.14. The van der Waals surface area contributed by atoms with Gasteiger partial charge in [0.05, 0.1) is 25.1 Å².